The van der Waals surface area contributed by atoms with Gasteiger partial charge in [0.15, 0.2) is 5.82 Å². The molecule has 10 heteroatoms. The largest absolute Gasteiger partial charge is 0.438 e. The summed E-state index contributed by atoms with van der Waals surface area (Å²) in [4.78, 5) is 4.24. The Morgan fingerprint density at radius 3 is 2.38 bits per heavy atom. The monoisotopic (exact) mass is 453 g/mol. The maximum absolute atomic E-state index is 13.7. The Balaban J connectivity index is 1.40. The molecule has 0 amide bonds. The second-order valence-corrected chi connectivity index (χ2v) is 8.82. The van der Waals surface area contributed by atoms with Crippen LogP contribution in [0.2, 0.25) is 0 Å². The van der Waals surface area contributed by atoms with Crippen LogP contribution in [-0.4, -0.2) is 28.2 Å². The van der Waals surface area contributed by atoms with Gasteiger partial charge in [0.05, 0.1) is 11.4 Å². The lowest BCUT2D eigenvalue weighted by Crippen LogP contribution is -2.15. The Kier molecular flexibility index (Phi) is 5.87. The molecule has 0 radical (unpaired) electrons. The van der Waals surface area contributed by atoms with Crippen molar-refractivity contribution in [2.45, 2.75) is 19.6 Å². The molecule has 2 aromatic carbocycles. The average Bonchev–Trinajstić information content (AvgIpc) is 3.10. The van der Waals surface area contributed by atoms with Gasteiger partial charge < -0.3 is 4.74 Å². The number of anilines is 1. The zero-order chi connectivity index (χ0) is 22.7. The number of benzene rings is 2. The standard InChI is InChI=1S/C22H20FN5O3S/c1-15-16(2)28(14-24-15)21-11-12-22(26-25-21)31-19-9-7-18(8-10-19)27-32(29,30)13-17-5-3-4-6-20(17)23/h3-12,14,27H,13H2,1-2H3. The number of ether oxygens (including phenoxy) is 1. The van der Waals surface area contributed by atoms with Crippen molar-refractivity contribution in [2.75, 3.05) is 4.72 Å². The van der Waals surface area contributed by atoms with E-state index in [0.29, 0.717) is 17.3 Å². The number of nitrogens with one attached hydrogen (secondary N) is 1. The molecule has 0 atom stereocenters. The minimum Gasteiger partial charge on any atom is -0.438 e. The van der Waals surface area contributed by atoms with Crippen molar-refractivity contribution in [3.05, 3.63) is 89.8 Å². The number of halogens is 1. The zero-order valence-electron chi connectivity index (χ0n) is 17.4. The van der Waals surface area contributed by atoms with E-state index in [-0.39, 0.29) is 11.4 Å². The summed E-state index contributed by atoms with van der Waals surface area (Å²) in [5.74, 6) is 0.340. The molecule has 0 aliphatic carbocycles. The summed E-state index contributed by atoms with van der Waals surface area (Å²) in [7, 11) is -3.78. The highest BCUT2D eigenvalue weighted by atomic mass is 32.2. The molecular formula is C22H20FN5O3S. The summed E-state index contributed by atoms with van der Waals surface area (Å²) < 4.78 is 48.3. The Bertz CT molecular complexity index is 1340. The van der Waals surface area contributed by atoms with Crippen molar-refractivity contribution in [3.63, 3.8) is 0 Å². The van der Waals surface area contributed by atoms with Gasteiger partial charge in [-0.2, -0.15) is 0 Å². The minimum atomic E-state index is -3.78. The van der Waals surface area contributed by atoms with Crippen LogP contribution in [0.1, 0.15) is 17.0 Å². The summed E-state index contributed by atoms with van der Waals surface area (Å²) in [6.07, 6.45) is 1.68. The first-order valence-electron chi connectivity index (χ1n) is 9.67. The number of hydrogen-bond donors (Lipinski definition) is 1. The first kappa shape index (κ1) is 21.4. The molecule has 0 aliphatic rings. The smallest absolute Gasteiger partial charge is 0.238 e. The van der Waals surface area contributed by atoms with E-state index < -0.39 is 21.6 Å². The van der Waals surface area contributed by atoms with Gasteiger partial charge in [-0.3, -0.25) is 9.29 Å². The predicted molar refractivity (Wildman–Crippen MR) is 118 cm³/mol. The Labute approximate surface area is 184 Å². The van der Waals surface area contributed by atoms with Crippen LogP contribution in [-0.2, 0) is 15.8 Å². The summed E-state index contributed by atoms with van der Waals surface area (Å²) >= 11 is 0. The lowest BCUT2D eigenvalue weighted by atomic mass is 10.2. The average molecular weight is 453 g/mol. The molecule has 0 saturated carbocycles. The van der Waals surface area contributed by atoms with Crippen LogP contribution in [0, 0.1) is 19.7 Å². The summed E-state index contributed by atoms with van der Waals surface area (Å²) in [5, 5.41) is 8.23. The lowest BCUT2D eigenvalue weighted by Gasteiger charge is -2.10. The molecule has 0 bridgehead atoms. The van der Waals surface area contributed by atoms with Crippen LogP contribution in [0.15, 0.2) is 67.0 Å². The molecule has 0 fully saturated rings. The molecule has 164 valence electrons. The highest BCUT2D eigenvalue weighted by Crippen LogP contribution is 2.23. The molecule has 0 unspecified atom stereocenters. The lowest BCUT2D eigenvalue weighted by molar-refractivity contribution is 0.454. The normalized spacial score (nSPS) is 11.3. The van der Waals surface area contributed by atoms with Gasteiger partial charge in [0.25, 0.3) is 0 Å². The van der Waals surface area contributed by atoms with E-state index in [2.05, 4.69) is 19.9 Å². The van der Waals surface area contributed by atoms with Crippen LogP contribution in [0.5, 0.6) is 11.6 Å². The Hall–Kier alpha value is -3.79. The number of imidazole rings is 1. The highest BCUT2D eigenvalue weighted by molar-refractivity contribution is 7.91. The minimum absolute atomic E-state index is 0.100. The van der Waals surface area contributed by atoms with Crippen molar-refractivity contribution in [3.8, 4) is 17.4 Å². The summed E-state index contributed by atoms with van der Waals surface area (Å²) in [6, 6.07) is 15.5. The number of aromatic nitrogens is 4. The van der Waals surface area contributed by atoms with Crippen LogP contribution in [0.3, 0.4) is 0 Å². The second-order valence-electron chi connectivity index (χ2n) is 7.09. The van der Waals surface area contributed by atoms with E-state index in [9.17, 15) is 12.8 Å². The van der Waals surface area contributed by atoms with E-state index in [1.165, 1.54) is 18.2 Å². The van der Waals surface area contributed by atoms with Gasteiger partial charge in [-0.1, -0.05) is 18.2 Å². The fourth-order valence-electron chi connectivity index (χ4n) is 2.97. The van der Waals surface area contributed by atoms with Gasteiger partial charge in [0, 0.05) is 23.0 Å². The SMILES string of the molecule is Cc1ncn(-c2ccc(Oc3ccc(NS(=O)(=O)Cc4ccccc4F)cc3)nn2)c1C. The van der Waals surface area contributed by atoms with Crippen molar-refractivity contribution in [1.82, 2.24) is 19.7 Å². The molecule has 32 heavy (non-hydrogen) atoms. The van der Waals surface area contributed by atoms with Crippen molar-refractivity contribution in [2.24, 2.45) is 0 Å². The van der Waals surface area contributed by atoms with E-state index in [1.807, 2.05) is 18.4 Å². The number of aryl methyl sites for hydroxylation is 1. The second kappa shape index (κ2) is 8.75. The quantitative estimate of drug-likeness (QED) is 0.451. The van der Waals surface area contributed by atoms with Crippen LogP contribution < -0.4 is 9.46 Å². The summed E-state index contributed by atoms with van der Waals surface area (Å²) in [5.41, 5.74) is 2.32. The fourth-order valence-corrected chi connectivity index (χ4v) is 4.18. The van der Waals surface area contributed by atoms with E-state index >= 15 is 0 Å². The molecule has 0 aliphatic heterocycles. The van der Waals surface area contributed by atoms with Gasteiger partial charge in [0.2, 0.25) is 15.9 Å². The third-order valence-corrected chi connectivity index (χ3v) is 6.02. The number of sulfonamides is 1. The van der Waals surface area contributed by atoms with Gasteiger partial charge in [-0.25, -0.2) is 17.8 Å². The maximum atomic E-state index is 13.7. The van der Waals surface area contributed by atoms with Gasteiger partial charge >= 0.3 is 0 Å². The van der Waals surface area contributed by atoms with E-state index in [4.69, 9.17) is 4.74 Å². The number of nitrogens with zero attached hydrogens (tertiary/aromatic N) is 4. The van der Waals surface area contributed by atoms with Crippen molar-refractivity contribution < 1.29 is 17.5 Å². The molecule has 4 aromatic rings. The van der Waals surface area contributed by atoms with Crippen molar-refractivity contribution >= 4 is 15.7 Å². The van der Waals surface area contributed by atoms with Crippen LogP contribution in [0.4, 0.5) is 10.1 Å². The van der Waals surface area contributed by atoms with Crippen LogP contribution in [0.25, 0.3) is 5.82 Å². The molecule has 2 aromatic heterocycles. The summed E-state index contributed by atoms with van der Waals surface area (Å²) in [6.45, 7) is 3.86. The van der Waals surface area contributed by atoms with Gasteiger partial charge in [-0.05, 0) is 50.2 Å². The van der Waals surface area contributed by atoms with E-state index in [0.717, 1.165) is 11.4 Å². The Morgan fingerprint density at radius 1 is 1.00 bits per heavy atom. The first-order chi connectivity index (χ1) is 15.3. The fraction of sp³-hybridized carbons (Fsp3) is 0.136. The molecule has 1 N–H and O–H groups in total. The molecular weight excluding hydrogens is 433 g/mol. The first-order valence-corrected chi connectivity index (χ1v) is 11.3. The highest BCUT2D eigenvalue weighted by Gasteiger charge is 2.15. The molecule has 0 spiro atoms. The maximum Gasteiger partial charge on any atom is 0.238 e. The Morgan fingerprint density at radius 2 is 1.75 bits per heavy atom. The third kappa shape index (κ3) is 4.92. The molecule has 8 nitrogen and oxygen atoms in total. The molecule has 2 heterocycles. The molecule has 4 rings (SSSR count). The van der Waals surface area contributed by atoms with E-state index in [1.54, 1.807) is 48.8 Å². The number of rotatable bonds is 7. The van der Waals surface area contributed by atoms with Crippen LogP contribution >= 0.6 is 0 Å². The topological polar surface area (TPSA) is 99.0 Å². The third-order valence-electron chi connectivity index (χ3n) is 4.78. The molecule has 0 saturated heterocycles. The van der Waals surface area contributed by atoms with Crippen molar-refractivity contribution in [1.29, 1.82) is 0 Å². The number of hydrogen-bond acceptors (Lipinski definition) is 6. The van der Waals surface area contributed by atoms with Gasteiger partial charge in [0.1, 0.15) is 17.9 Å². The predicted octanol–water partition coefficient (Wildman–Crippen LogP) is 4.15. The zero-order valence-corrected chi connectivity index (χ0v) is 18.2. The van der Waals surface area contributed by atoms with Gasteiger partial charge in [-0.15, -0.1) is 10.2 Å².